The minimum atomic E-state index is -0.620. The van der Waals surface area contributed by atoms with Crippen molar-refractivity contribution in [1.82, 2.24) is 0 Å². The maximum absolute atomic E-state index is 11.1. The van der Waals surface area contributed by atoms with Crippen molar-refractivity contribution in [3.8, 4) is 0 Å². The molecule has 0 aliphatic carbocycles. The van der Waals surface area contributed by atoms with E-state index in [9.17, 15) is 4.79 Å². The summed E-state index contributed by atoms with van der Waals surface area (Å²) in [5.41, 5.74) is 0. The first-order valence-electron chi connectivity index (χ1n) is 7.56. The molecule has 108 valence electrons. The average molecular weight is 274 g/mol. The lowest BCUT2D eigenvalue weighted by atomic mass is 10.1. The van der Waals surface area contributed by atoms with Crippen molar-refractivity contribution in [3.05, 3.63) is 0 Å². The number of carboxylic acid groups (broad SMARTS) is 1. The first kappa shape index (κ1) is 17.8. The summed E-state index contributed by atoms with van der Waals surface area (Å²) in [5.74, 6) is 0.388. The predicted molar refractivity (Wildman–Crippen MR) is 81.4 cm³/mol. The average Bonchev–Trinajstić information content (AvgIpc) is 2.35. The molecule has 0 saturated heterocycles. The second-order valence-corrected chi connectivity index (χ2v) is 6.27. The fourth-order valence-electron chi connectivity index (χ4n) is 1.97. The normalized spacial score (nSPS) is 12.6. The van der Waals surface area contributed by atoms with Gasteiger partial charge in [-0.05, 0) is 18.6 Å². The van der Waals surface area contributed by atoms with Crippen LogP contribution in [0.15, 0.2) is 0 Å². The summed E-state index contributed by atoms with van der Waals surface area (Å²) in [6, 6.07) is 0. The van der Waals surface area contributed by atoms with E-state index in [-0.39, 0.29) is 5.25 Å². The lowest BCUT2D eigenvalue weighted by Crippen LogP contribution is -2.16. The quantitative estimate of drug-likeness (QED) is 0.474. The van der Waals surface area contributed by atoms with Gasteiger partial charge in [0.05, 0.1) is 0 Å². The van der Waals surface area contributed by atoms with Crippen LogP contribution in [0.3, 0.4) is 0 Å². The van der Waals surface area contributed by atoms with Crippen LogP contribution in [0, 0.1) is 0 Å². The lowest BCUT2D eigenvalue weighted by molar-refractivity contribution is -0.136. The molecule has 0 spiro atoms. The first-order valence-corrected chi connectivity index (χ1v) is 8.61. The smallest absolute Gasteiger partial charge is 0.316 e. The highest BCUT2D eigenvalue weighted by Crippen LogP contribution is 2.20. The number of thioether (sulfide) groups is 1. The van der Waals surface area contributed by atoms with E-state index in [0.29, 0.717) is 0 Å². The first-order chi connectivity index (χ1) is 8.72. The summed E-state index contributed by atoms with van der Waals surface area (Å²) in [4.78, 5) is 11.1. The van der Waals surface area contributed by atoms with Gasteiger partial charge in [-0.15, -0.1) is 11.8 Å². The number of aliphatic carboxylic acids is 1. The largest absolute Gasteiger partial charge is 0.480 e. The van der Waals surface area contributed by atoms with Crippen LogP contribution in [-0.4, -0.2) is 22.1 Å². The zero-order valence-electron chi connectivity index (χ0n) is 12.1. The zero-order valence-corrected chi connectivity index (χ0v) is 12.9. The molecule has 1 unspecified atom stereocenters. The molecule has 0 aromatic carbocycles. The van der Waals surface area contributed by atoms with Crippen molar-refractivity contribution in [3.63, 3.8) is 0 Å². The molecular weight excluding hydrogens is 244 g/mol. The molecule has 0 aliphatic heterocycles. The van der Waals surface area contributed by atoms with Crippen LogP contribution in [0.2, 0.25) is 0 Å². The molecule has 18 heavy (non-hydrogen) atoms. The molecule has 1 atom stereocenters. The fraction of sp³-hybridized carbons (Fsp3) is 0.933. The Morgan fingerprint density at radius 3 is 2.06 bits per heavy atom. The summed E-state index contributed by atoms with van der Waals surface area (Å²) in [7, 11) is 0. The Kier molecular flexibility index (Phi) is 13.1. The second kappa shape index (κ2) is 13.3. The van der Waals surface area contributed by atoms with Gasteiger partial charge in [-0.2, -0.15) is 0 Å². The Bertz CT molecular complexity index is 195. The molecule has 0 heterocycles. The van der Waals surface area contributed by atoms with Crippen LogP contribution in [-0.2, 0) is 4.79 Å². The molecule has 0 amide bonds. The van der Waals surface area contributed by atoms with Crippen LogP contribution < -0.4 is 0 Å². The SMILES string of the molecule is CCCCCCCSC(CCCCCC)C(=O)O. The van der Waals surface area contributed by atoms with Gasteiger partial charge < -0.3 is 5.11 Å². The van der Waals surface area contributed by atoms with Gasteiger partial charge in [-0.3, -0.25) is 4.79 Å². The highest BCUT2D eigenvalue weighted by molar-refractivity contribution is 8.00. The molecule has 0 radical (unpaired) electrons. The van der Waals surface area contributed by atoms with E-state index in [0.717, 1.165) is 18.6 Å². The van der Waals surface area contributed by atoms with Gasteiger partial charge in [0, 0.05) is 0 Å². The van der Waals surface area contributed by atoms with Gasteiger partial charge >= 0.3 is 5.97 Å². The standard InChI is InChI=1S/C15H30O2S/c1-3-5-7-9-11-13-18-14(15(16)17)12-10-8-6-4-2/h14H,3-13H2,1-2H3,(H,16,17). The number of carboxylic acids is 1. The fourth-order valence-corrected chi connectivity index (χ4v) is 3.10. The Hall–Kier alpha value is -0.180. The van der Waals surface area contributed by atoms with Crippen molar-refractivity contribution in [2.45, 2.75) is 83.3 Å². The molecule has 0 bridgehead atoms. The highest BCUT2D eigenvalue weighted by atomic mass is 32.2. The van der Waals surface area contributed by atoms with Crippen LogP contribution >= 0.6 is 11.8 Å². The molecule has 0 fully saturated rings. The van der Waals surface area contributed by atoms with Gasteiger partial charge in [0.1, 0.15) is 5.25 Å². The second-order valence-electron chi connectivity index (χ2n) is 4.96. The predicted octanol–water partition coefficient (Wildman–Crippen LogP) is 5.11. The number of hydrogen-bond donors (Lipinski definition) is 1. The molecule has 0 aromatic rings. The Labute approximate surface area is 117 Å². The molecule has 3 heteroatoms. The van der Waals surface area contributed by atoms with Crippen molar-refractivity contribution < 1.29 is 9.90 Å². The van der Waals surface area contributed by atoms with E-state index < -0.39 is 5.97 Å². The van der Waals surface area contributed by atoms with E-state index in [1.165, 1.54) is 51.4 Å². The third-order valence-corrected chi connectivity index (χ3v) is 4.53. The van der Waals surface area contributed by atoms with Crippen LogP contribution in [0.25, 0.3) is 0 Å². The topological polar surface area (TPSA) is 37.3 Å². The van der Waals surface area contributed by atoms with Crippen molar-refractivity contribution in [2.24, 2.45) is 0 Å². The van der Waals surface area contributed by atoms with Crippen molar-refractivity contribution in [2.75, 3.05) is 5.75 Å². The summed E-state index contributed by atoms with van der Waals surface area (Å²) in [6.45, 7) is 4.39. The number of unbranched alkanes of at least 4 members (excludes halogenated alkanes) is 7. The van der Waals surface area contributed by atoms with Crippen LogP contribution in [0.1, 0.15) is 78.1 Å². The maximum atomic E-state index is 11.1. The van der Waals surface area contributed by atoms with E-state index >= 15 is 0 Å². The Morgan fingerprint density at radius 1 is 0.944 bits per heavy atom. The van der Waals surface area contributed by atoms with Crippen molar-refractivity contribution >= 4 is 17.7 Å². The van der Waals surface area contributed by atoms with Crippen molar-refractivity contribution in [1.29, 1.82) is 0 Å². The molecular formula is C15H30O2S. The molecule has 0 saturated carbocycles. The molecule has 0 rings (SSSR count). The molecule has 0 aliphatic rings. The van der Waals surface area contributed by atoms with Gasteiger partial charge in [0.25, 0.3) is 0 Å². The van der Waals surface area contributed by atoms with Gasteiger partial charge in [0.15, 0.2) is 0 Å². The number of carbonyl (C=O) groups is 1. The third-order valence-electron chi connectivity index (χ3n) is 3.16. The third kappa shape index (κ3) is 10.9. The van der Waals surface area contributed by atoms with Gasteiger partial charge in [-0.1, -0.05) is 65.2 Å². The van der Waals surface area contributed by atoms with E-state index in [2.05, 4.69) is 13.8 Å². The monoisotopic (exact) mass is 274 g/mol. The summed E-state index contributed by atoms with van der Waals surface area (Å²) in [5, 5.41) is 8.98. The van der Waals surface area contributed by atoms with Gasteiger partial charge in [-0.25, -0.2) is 0 Å². The summed E-state index contributed by atoms with van der Waals surface area (Å²) < 4.78 is 0. The van der Waals surface area contributed by atoms with E-state index in [4.69, 9.17) is 5.11 Å². The zero-order chi connectivity index (χ0) is 13.6. The van der Waals surface area contributed by atoms with Crippen LogP contribution in [0.4, 0.5) is 0 Å². The number of hydrogen-bond acceptors (Lipinski definition) is 2. The molecule has 1 N–H and O–H groups in total. The molecule has 0 aromatic heterocycles. The number of rotatable bonds is 13. The molecule has 2 nitrogen and oxygen atoms in total. The van der Waals surface area contributed by atoms with Crippen LogP contribution in [0.5, 0.6) is 0 Å². The van der Waals surface area contributed by atoms with Gasteiger partial charge in [0.2, 0.25) is 0 Å². The highest BCUT2D eigenvalue weighted by Gasteiger charge is 2.16. The Balaban J connectivity index is 3.54. The Morgan fingerprint density at radius 2 is 1.50 bits per heavy atom. The minimum Gasteiger partial charge on any atom is -0.480 e. The van der Waals surface area contributed by atoms with E-state index in [1.807, 2.05) is 0 Å². The lowest BCUT2D eigenvalue weighted by Gasteiger charge is -2.11. The maximum Gasteiger partial charge on any atom is 0.316 e. The summed E-state index contributed by atoms with van der Waals surface area (Å²) in [6.07, 6.45) is 11.8. The summed E-state index contributed by atoms with van der Waals surface area (Å²) >= 11 is 1.65. The van der Waals surface area contributed by atoms with E-state index in [1.54, 1.807) is 11.8 Å². The minimum absolute atomic E-state index is 0.173.